The molecule has 0 fully saturated rings. The summed E-state index contributed by atoms with van der Waals surface area (Å²) in [6.45, 7) is 0. The summed E-state index contributed by atoms with van der Waals surface area (Å²) in [6.07, 6.45) is 2.05. The molecule has 2 heterocycles. The number of hydrogen-bond donors (Lipinski definition) is 0. The highest BCUT2D eigenvalue weighted by atomic mass is 35.5. The summed E-state index contributed by atoms with van der Waals surface area (Å²) in [6, 6.07) is 16.1. The molecule has 0 atom stereocenters. The van der Waals surface area contributed by atoms with Gasteiger partial charge in [-0.1, -0.05) is 29.4 Å². The summed E-state index contributed by atoms with van der Waals surface area (Å²) in [5.74, 6) is 2.29. The van der Waals surface area contributed by atoms with E-state index in [2.05, 4.69) is 45.7 Å². The van der Waals surface area contributed by atoms with Crippen LogP contribution in [-0.4, -0.2) is 33.1 Å². The van der Waals surface area contributed by atoms with Crippen LogP contribution in [0, 0.1) is 0 Å². The normalized spacial score (nSPS) is 11.2. The third-order valence-electron chi connectivity index (χ3n) is 4.59. The lowest BCUT2D eigenvalue weighted by Crippen LogP contribution is -1.96. The Kier molecular flexibility index (Phi) is 5.99. The van der Waals surface area contributed by atoms with Gasteiger partial charge in [-0.15, -0.1) is 22.0 Å². The minimum absolute atomic E-state index is 0.529. The SMILES string of the molecule is COc1ccc(-c2nnc(SCc3cc4ccc(SC)cc4nc3Cl)n2C)cc1. The van der Waals surface area contributed by atoms with Gasteiger partial charge < -0.3 is 9.30 Å². The second-order valence-electron chi connectivity index (χ2n) is 6.38. The number of aromatic nitrogens is 4. The Morgan fingerprint density at radius 2 is 1.86 bits per heavy atom. The highest BCUT2D eigenvalue weighted by molar-refractivity contribution is 7.98. The number of fused-ring (bicyclic) bond motifs is 1. The van der Waals surface area contributed by atoms with E-state index in [0.717, 1.165) is 38.8 Å². The van der Waals surface area contributed by atoms with Crippen molar-refractivity contribution in [2.24, 2.45) is 7.05 Å². The van der Waals surface area contributed by atoms with Crippen LogP contribution in [0.2, 0.25) is 5.15 Å². The first-order valence-corrected chi connectivity index (χ1v) is 11.5. The smallest absolute Gasteiger partial charge is 0.191 e. The molecule has 4 aromatic rings. The van der Waals surface area contributed by atoms with E-state index in [-0.39, 0.29) is 0 Å². The van der Waals surface area contributed by atoms with Crippen molar-refractivity contribution in [2.75, 3.05) is 13.4 Å². The van der Waals surface area contributed by atoms with Crippen LogP contribution in [0.4, 0.5) is 0 Å². The van der Waals surface area contributed by atoms with Crippen molar-refractivity contribution in [3.8, 4) is 17.1 Å². The summed E-state index contributed by atoms with van der Waals surface area (Å²) < 4.78 is 7.20. The van der Waals surface area contributed by atoms with Gasteiger partial charge in [0, 0.05) is 34.2 Å². The van der Waals surface area contributed by atoms with Gasteiger partial charge in [0.2, 0.25) is 0 Å². The predicted molar refractivity (Wildman–Crippen MR) is 121 cm³/mol. The van der Waals surface area contributed by atoms with E-state index in [1.807, 2.05) is 35.9 Å². The highest BCUT2D eigenvalue weighted by Crippen LogP contribution is 2.30. The molecule has 0 spiro atoms. The van der Waals surface area contributed by atoms with Crippen LogP contribution in [0.1, 0.15) is 5.56 Å². The van der Waals surface area contributed by atoms with Gasteiger partial charge in [0.05, 0.1) is 12.6 Å². The van der Waals surface area contributed by atoms with Gasteiger partial charge in [0.25, 0.3) is 0 Å². The summed E-state index contributed by atoms with van der Waals surface area (Å²) in [7, 11) is 3.62. The van der Waals surface area contributed by atoms with Crippen molar-refractivity contribution in [1.29, 1.82) is 0 Å². The van der Waals surface area contributed by atoms with Crippen LogP contribution in [0.25, 0.3) is 22.3 Å². The molecule has 2 aromatic heterocycles. The van der Waals surface area contributed by atoms with Crippen molar-refractivity contribution in [2.45, 2.75) is 15.8 Å². The summed E-state index contributed by atoms with van der Waals surface area (Å²) in [4.78, 5) is 5.75. The zero-order chi connectivity index (χ0) is 20.4. The predicted octanol–water partition coefficient (Wildman–Crippen LogP) is 5.71. The van der Waals surface area contributed by atoms with Crippen molar-refractivity contribution in [3.05, 3.63) is 59.2 Å². The Hall–Kier alpha value is -2.22. The van der Waals surface area contributed by atoms with E-state index in [1.165, 1.54) is 4.90 Å². The maximum atomic E-state index is 6.45. The van der Waals surface area contributed by atoms with Crippen LogP contribution in [0.15, 0.2) is 58.6 Å². The molecule has 29 heavy (non-hydrogen) atoms. The van der Waals surface area contributed by atoms with Gasteiger partial charge in [-0.05, 0) is 48.7 Å². The van der Waals surface area contributed by atoms with Crippen LogP contribution in [-0.2, 0) is 12.8 Å². The van der Waals surface area contributed by atoms with Crippen LogP contribution < -0.4 is 4.74 Å². The Balaban J connectivity index is 1.54. The zero-order valence-electron chi connectivity index (χ0n) is 16.2. The molecule has 5 nitrogen and oxygen atoms in total. The standard InChI is InChI=1S/C21H19ClN4OS2/c1-26-20(13-4-7-16(27-2)8-5-13)24-25-21(26)29-12-15-10-14-6-9-17(28-3)11-18(14)23-19(15)22/h4-11H,12H2,1-3H3. The third kappa shape index (κ3) is 4.22. The van der Waals surface area contributed by atoms with Gasteiger partial charge in [0.1, 0.15) is 10.9 Å². The molecule has 8 heteroatoms. The second kappa shape index (κ2) is 8.65. The molecule has 2 aromatic carbocycles. The number of nitrogens with zero attached hydrogens (tertiary/aromatic N) is 4. The lowest BCUT2D eigenvalue weighted by atomic mass is 10.2. The van der Waals surface area contributed by atoms with Gasteiger partial charge in [-0.25, -0.2) is 4.98 Å². The number of pyridine rings is 1. The van der Waals surface area contributed by atoms with Crippen molar-refractivity contribution >= 4 is 46.0 Å². The second-order valence-corrected chi connectivity index (χ2v) is 8.56. The highest BCUT2D eigenvalue weighted by Gasteiger charge is 2.13. The Morgan fingerprint density at radius 3 is 2.59 bits per heavy atom. The largest absolute Gasteiger partial charge is 0.497 e. The van der Waals surface area contributed by atoms with Gasteiger partial charge in [-0.3, -0.25) is 0 Å². The number of rotatable bonds is 6. The first kappa shape index (κ1) is 20.1. The van der Waals surface area contributed by atoms with E-state index in [0.29, 0.717) is 10.9 Å². The first-order chi connectivity index (χ1) is 14.1. The van der Waals surface area contributed by atoms with Crippen molar-refractivity contribution in [1.82, 2.24) is 19.7 Å². The molecule has 0 unspecified atom stereocenters. The fourth-order valence-corrected chi connectivity index (χ4v) is 4.58. The molecule has 0 aliphatic heterocycles. The maximum absolute atomic E-state index is 6.45. The Labute approximate surface area is 182 Å². The van der Waals surface area contributed by atoms with Crippen molar-refractivity contribution in [3.63, 3.8) is 0 Å². The zero-order valence-corrected chi connectivity index (χ0v) is 18.6. The van der Waals surface area contributed by atoms with Gasteiger partial charge in [-0.2, -0.15) is 0 Å². The third-order valence-corrected chi connectivity index (χ3v) is 6.71. The fraction of sp³-hybridized carbons (Fsp3) is 0.190. The average molecular weight is 443 g/mol. The number of methoxy groups -OCH3 is 1. The number of hydrogen-bond acceptors (Lipinski definition) is 6. The Bertz CT molecular complexity index is 1160. The van der Waals surface area contributed by atoms with E-state index < -0.39 is 0 Å². The molecular formula is C21H19ClN4OS2. The van der Waals surface area contributed by atoms with E-state index in [1.54, 1.807) is 30.6 Å². The van der Waals surface area contributed by atoms with E-state index in [4.69, 9.17) is 16.3 Å². The van der Waals surface area contributed by atoms with Crippen LogP contribution >= 0.6 is 35.1 Å². The lowest BCUT2D eigenvalue weighted by Gasteiger charge is -2.08. The van der Waals surface area contributed by atoms with Gasteiger partial charge in [0.15, 0.2) is 11.0 Å². The lowest BCUT2D eigenvalue weighted by molar-refractivity contribution is 0.415. The van der Waals surface area contributed by atoms with E-state index >= 15 is 0 Å². The van der Waals surface area contributed by atoms with Crippen LogP contribution in [0.3, 0.4) is 0 Å². The Morgan fingerprint density at radius 1 is 1.07 bits per heavy atom. The minimum atomic E-state index is 0.529. The maximum Gasteiger partial charge on any atom is 0.191 e. The number of ether oxygens (including phenoxy) is 1. The summed E-state index contributed by atoms with van der Waals surface area (Å²) in [5.41, 5.74) is 2.88. The molecule has 0 amide bonds. The number of benzene rings is 2. The molecule has 0 aliphatic rings. The average Bonchev–Trinajstić information content (AvgIpc) is 3.12. The number of thioether (sulfide) groups is 2. The molecule has 0 saturated carbocycles. The quantitative estimate of drug-likeness (QED) is 0.281. The molecule has 0 N–H and O–H groups in total. The number of halogens is 1. The molecule has 4 rings (SSSR count). The monoisotopic (exact) mass is 442 g/mol. The molecule has 0 saturated heterocycles. The fourth-order valence-electron chi connectivity index (χ4n) is 2.97. The topological polar surface area (TPSA) is 52.8 Å². The van der Waals surface area contributed by atoms with E-state index in [9.17, 15) is 0 Å². The molecule has 148 valence electrons. The van der Waals surface area contributed by atoms with Crippen LogP contribution in [0.5, 0.6) is 5.75 Å². The molecule has 0 bridgehead atoms. The first-order valence-electron chi connectivity index (χ1n) is 8.89. The van der Waals surface area contributed by atoms with Crippen molar-refractivity contribution < 1.29 is 4.74 Å². The summed E-state index contributed by atoms with van der Waals surface area (Å²) in [5, 5.41) is 11.1. The molecular weight excluding hydrogens is 424 g/mol. The molecule has 0 radical (unpaired) electrons. The summed E-state index contributed by atoms with van der Waals surface area (Å²) >= 11 is 9.73. The minimum Gasteiger partial charge on any atom is -0.497 e. The van der Waals surface area contributed by atoms with Gasteiger partial charge >= 0.3 is 0 Å². The molecule has 0 aliphatic carbocycles.